The van der Waals surface area contributed by atoms with Gasteiger partial charge in [-0.25, -0.2) is 4.79 Å². The van der Waals surface area contributed by atoms with Gasteiger partial charge in [-0.15, -0.1) is 0 Å². The Hall–Kier alpha value is -3.87. The lowest BCUT2D eigenvalue weighted by atomic mass is 9.99. The molecule has 0 saturated carbocycles. The lowest BCUT2D eigenvalue weighted by molar-refractivity contribution is -0.135. The maximum absolute atomic E-state index is 12.9. The third-order valence-electron chi connectivity index (χ3n) is 5.73. The smallest absolute Gasteiger partial charge is 0.325 e. The van der Waals surface area contributed by atoms with Crippen LogP contribution in [0.2, 0.25) is 0 Å². The molecule has 0 spiro atoms. The highest BCUT2D eigenvalue weighted by molar-refractivity contribution is 6.09. The van der Waals surface area contributed by atoms with Gasteiger partial charge in [0.2, 0.25) is 5.91 Å². The number of imide groups is 1. The van der Waals surface area contributed by atoms with Crippen LogP contribution < -0.4 is 10.6 Å². The minimum Gasteiger partial charge on any atom is -0.466 e. The van der Waals surface area contributed by atoms with Crippen LogP contribution in [0.5, 0.6) is 0 Å². The van der Waals surface area contributed by atoms with E-state index in [1.165, 1.54) is 6.26 Å². The Bertz CT molecular complexity index is 1130. The van der Waals surface area contributed by atoms with Crippen LogP contribution in [0.25, 0.3) is 11.1 Å². The Labute approximate surface area is 172 Å². The van der Waals surface area contributed by atoms with E-state index in [4.69, 9.17) is 4.42 Å². The predicted molar refractivity (Wildman–Crippen MR) is 108 cm³/mol. The van der Waals surface area contributed by atoms with Crippen molar-refractivity contribution >= 4 is 17.8 Å². The van der Waals surface area contributed by atoms with Gasteiger partial charge in [0.15, 0.2) is 5.54 Å². The van der Waals surface area contributed by atoms with Gasteiger partial charge in [0.25, 0.3) is 5.91 Å². The molecule has 2 aromatic carbocycles. The van der Waals surface area contributed by atoms with E-state index in [-0.39, 0.29) is 12.6 Å². The zero-order valence-corrected chi connectivity index (χ0v) is 16.2. The number of nitrogens with one attached hydrogen (secondary N) is 2. The molecule has 0 bridgehead atoms. The van der Waals surface area contributed by atoms with Crippen LogP contribution in [0.4, 0.5) is 4.79 Å². The largest absolute Gasteiger partial charge is 0.466 e. The number of furan rings is 1. The summed E-state index contributed by atoms with van der Waals surface area (Å²) in [5.74, 6) is -0.620. The second-order valence-corrected chi connectivity index (χ2v) is 7.60. The van der Waals surface area contributed by atoms with E-state index in [9.17, 15) is 14.4 Å². The maximum atomic E-state index is 12.9. The Morgan fingerprint density at radius 1 is 1.03 bits per heavy atom. The first-order valence-electron chi connectivity index (χ1n) is 9.65. The molecule has 3 aromatic rings. The van der Waals surface area contributed by atoms with Gasteiger partial charge in [0, 0.05) is 0 Å². The van der Waals surface area contributed by atoms with Crippen molar-refractivity contribution < 1.29 is 18.8 Å². The number of amides is 4. The van der Waals surface area contributed by atoms with E-state index in [0.717, 1.165) is 27.2 Å². The Morgan fingerprint density at radius 3 is 2.27 bits per heavy atom. The summed E-state index contributed by atoms with van der Waals surface area (Å²) in [7, 11) is 0. The van der Waals surface area contributed by atoms with Crippen molar-refractivity contribution in [2.45, 2.75) is 18.5 Å². The second kappa shape index (κ2) is 6.59. The second-order valence-electron chi connectivity index (χ2n) is 7.60. The first-order valence-corrected chi connectivity index (χ1v) is 9.65. The first kappa shape index (κ1) is 18.2. The summed E-state index contributed by atoms with van der Waals surface area (Å²) in [4.78, 5) is 39.1. The third kappa shape index (κ3) is 2.62. The molecule has 5 rings (SSSR count). The van der Waals surface area contributed by atoms with Crippen LogP contribution in [-0.2, 0) is 15.1 Å². The number of nitrogens with zero attached hydrogens (tertiary/aromatic N) is 1. The zero-order chi connectivity index (χ0) is 20.9. The molecule has 1 fully saturated rings. The molecular formula is C23H19N3O4. The Morgan fingerprint density at radius 2 is 1.67 bits per heavy atom. The van der Waals surface area contributed by atoms with E-state index in [2.05, 4.69) is 10.6 Å². The average molecular weight is 401 g/mol. The first-order chi connectivity index (χ1) is 14.5. The van der Waals surface area contributed by atoms with Crippen molar-refractivity contribution in [2.24, 2.45) is 0 Å². The molecule has 2 heterocycles. The molecule has 7 nitrogen and oxygen atoms in total. The van der Waals surface area contributed by atoms with Gasteiger partial charge in [-0.1, -0.05) is 48.5 Å². The minimum absolute atomic E-state index is 0.322. The number of carbonyl (C=O) groups is 3. The molecule has 1 aliphatic carbocycles. The Balaban J connectivity index is 1.37. The number of fused-ring (bicyclic) bond motifs is 3. The van der Waals surface area contributed by atoms with E-state index in [1.807, 2.05) is 48.5 Å². The van der Waals surface area contributed by atoms with E-state index in [1.54, 1.807) is 19.1 Å². The van der Waals surface area contributed by atoms with Crippen molar-refractivity contribution in [1.82, 2.24) is 15.5 Å². The molecule has 150 valence electrons. The molecule has 4 amide bonds. The average Bonchev–Trinajstić information content (AvgIpc) is 3.44. The van der Waals surface area contributed by atoms with Crippen LogP contribution >= 0.6 is 0 Å². The van der Waals surface area contributed by atoms with E-state index < -0.39 is 23.4 Å². The maximum Gasteiger partial charge on any atom is 0.325 e. The van der Waals surface area contributed by atoms with Crippen LogP contribution in [0.1, 0.15) is 29.9 Å². The number of carbonyl (C=O) groups excluding carboxylic acids is 3. The van der Waals surface area contributed by atoms with Gasteiger partial charge >= 0.3 is 6.03 Å². The van der Waals surface area contributed by atoms with Crippen LogP contribution in [0.3, 0.4) is 0 Å². The predicted octanol–water partition coefficient (Wildman–Crippen LogP) is 2.93. The van der Waals surface area contributed by atoms with Crippen molar-refractivity contribution in [3.63, 3.8) is 0 Å². The topological polar surface area (TPSA) is 91.7 Å². The highest BCUT2D eigenvalue weighted by Crippen LogP contribution is 2.43. The summed E-state index contributed by atoms with van der Waals surface area (Å²) >= 11 is 0. The molecule has 1 atom stereocenters. The van der Waals surface area contributed by atoms with Crippen LogP contribution in [0.15, 0.2) is 71.3 Å². The SMILES string of the molecule is C[C@]1(c2ccco2)NC(=O)N(CC(=O)NC2c3ccccc3-c3ccccc32)C1=O. The fourth-order valence-electron chi connectivity index (χ4n) is 4.23. The number of rotatable bonds is 4. The van der Waals surface area contributed by atoms with Crippen molar-refractivity contribution in [1.29, 1.82) is 0 Å². The van der Waals surface area contributed by atoms with Crippen LogP contribution in [0, 0.1) is 0 Å². The van der Waals surface area contributed by atoms with Crippen molar-refractivity contribution in [3.8, 4) is 11.1 Å². The fourth-order valence-corrected chi connectivity index (χ4v) is 4.23. The standard InChI is InChI=1S/C23H19N3O4/c1-23(18-11-6-12-30-18)21(28)26(22(29)25-23)13-19(27)24-20-16-9-4-2-7-14(16)15-8-3-5-10-17(15)20/h2-12,20H,13H2,1H3,(H,24,27)(H,25,29)/t23-/m1/s1. The van der Waals surface area contributed by atoms with Crippen molar-refractivity contribution in [2.75, 3.05) is 6.54 Å². The molecule has 2 aliphatic rings. The summed E-state index contributed by atoms with van der Waals surface area (Å²) in [5, 5.41) is 5.61. The number of hydrogen-bond donors (Lipinski definition) is 2. The van der Waals surface area contributed by atoms with Gasteiger partial charge in [0.1, 0.15) is 12.3 Å². The number of urea groups is 1. The van der Waals surface area contributed by atoms with Crippen LogP contribution in [-0.4, -0.2) is 29.3 Å². The molecule has 1 saturated heterocycles. The van der Waals surface area contributed by atoms with E-state index >= 15 is 0 Å². The fraction of sp³-hybridized carbons (Fsp3) is 0.174. The molecule has 0 radical (unpaired) electrons. The number of benzene rings is 2. The van der Waals surface area contributed by atoms with Gasteiger partial charge in [-0.2, -0.15) is 0 Å². The molecule has 1 aliphatic heterocycles. The third-order valence-corrected chi connectivity index (χ3v) is 5.73. The summed E-state index contributed by atoms with van der Waals surface area (Å²) in [5.41, 5.74) is 2.79. The summed E-state index contributed by atoms with van der Waals surface area (Å²) in [6.07, 6.45) is 1.43. The van der Waals surface area contributed by atoms with Crippen molar-refractivity contribution in [3.05, 3.63) is 83.8 Å². The van der Waals surface area contributed by atoms with E-state index in [0.29, 0.717) is 5.76 Å². The minimum atomic E-state index is -1.33. The van der Waals surface area contributed by atoms with Gasteiger partial charge < -0.3 is 15.1 Å². The summed E-state index contributed by atoms with van der Waals surface area (Å²) in [6.45, 7) is 1.19. The highest BCUT2D eigenvalue weighted by Gasteiger charge is 2.51. The van der Waals surface area contributed by atoms with Gasteiger partial charge in [0.05, 0.1) is 12.3 Å². The zero-order valence-electron chi connectivity index (χ0n) is 16.2. The van der Waals surface area contributed by atoms with Gasteiger partial charge in [-0.3, -0.25) is 14.5 Å². The lowest BCUT2D eigenvalue weighted by Crippen LogP contribution is -2.43. The summed E-state index contributed by atoms with van der Waals surface area (Å²) < 4.78 is 5.32. The molecule has 7 heteroatoms. The molecular weight excluding hydrogens is 382 g/mol. The van der Waals surface area contributed by atoms with Gasteiger partial charge in [-0.05, 0) is 41.3 Å². The monoisotopic (exact) mass is 401 g/mol. The lowest BCUT2D eigenvalue weighted by Gasteiger charge is -2.20. The normalized spacial score (nSPS) is 20.1. The Kier molecular flexibility index (Phi) is 3.99. The summed E-state index contributed by atoms with van der Waals surface area (Å²) in [6, 6.07) is 18.1. The number of hydrogen-bond acceptors (Lipinski definition) is 4. The highest BCUT2D eigenvalue weighted by atomic mass is 16.3. The molecule has 30 heavy (non-hydrogen) atoms. The molecule has 2 N–H and O–H groups in total. The molecule has 1 aromatic heterocycles. The quantitative estimate of drug-likeness (QED) is 0.658. The molecule has 0 unspecified atom stereocenters.